The molecule has 32 heavy (non-hydrogen) atoms. The Labute approximate surface area is 205 Å². The van der Waals surface area contributed by atoms with Gasteiger partial charge in [0.25, 0.3) is 0 Å². The van der Waals surface area contributed by atoms with Crippen LogP contribution in [0.2, 0.25) is 0 Å². The number of hydrogen-bond donors (Lipinski definition) is 1. The molecule has 0 saturated carbocycles. The van der Waals surface area contributed by atoms with Gasteiger partial charge in [-0.15, -0.1) is 0 Å². The van der Waals surface area contributed by atoms with Crippen LogP contribution in [0.4, 0.5) is 0 Å². The van der Waals surface area contributed by atoms with Crippen molar-refractivity contribution in [1.82, 2.24) is 8.87 Å². The second-order valence-corrected chi connectivity index (χ2v) is 11.6. The van der Waals surface area contributed by atoms with Gasteiger partial charge in [0.05, 0.1) is 17.5 Å². The van der Waals surface area contributed by atoms with E-state index in [1.807, 2.05) is 31.2 Å². The Balaban J connectivity index is 1.66. The van der Waals surface area contributed by atoms with E-state index in [0.29, 0.717) is 0 Å². The van der Waals surface area contributed by atoms with Crippen LogP contribution in [0.3, 0.4) is 0 Å². The fourth-order valence-electron chi connectivity index (χ4n) is 4.01. The lowest BCUT2D eigenvalue weighted by Gasteiger charge is -2.24. The summed E-state index contributed by atoms with van der Waals surface area (Å²) in [5.41, 5.74) is 2.98. The third kappa shape index (κ3) is 4.52. The monoisotopic (exact) mass is 578 g/mol. The largest absolute Gasteiger partial charge is 0.390 e. The molecule has 1 aromatic heterocycles. The van der Waals surface area contributed by atoms with Gasteiger partial charge >= 0.3 is 0 Å². The number of rotatable bonds is 7. The van der Waals surface area contributed by atoms with Crippen LogP contribution in [0.15, 0.2) is 74.5 Å². The molecule has 0 radical (unpaired) electrons. The van der Waals surface area contributed by atoms with Crippen LogP contribution in [-0.4, -0.2) is 41.6 Å². The minimum atomic E-state index is -3.69. The number of likely N-dealkylation sites (N-methyl/N-ethyl adjacent to an activating group) is 1. The highest BCUT2D eigenvalue weighted by Gasteiger charge is 2.26. The fraction of sp³-hybridized carbons (Fsp3) is 0.250. The number of halogens is 2. The summed E-state index contributed by atoms with van der Waals surface area (Å²) in [6, 6.07) is 18.9. The summed E-state index contributed by atoms with van der Waals surface area (Å²) >= 11 is 7.09. The normalized spacial score (nSPS) is 13.3. The van der Waals surface area contributed by atoms with Crippen molar-refractivity contribution in [2.75, 3.05) is 13.1 Å². The highest BCUT2D eigenvalue weighted by atomic mass is 79.9. The number of aliphatic hydroxyl groups excluding tert-OH is 1. The van der Waals surface area contributed by atoms with E-state index in [4.69, 9.17) is 0 Å². The lowest BCUT2D eigenvalue weighted by molar-refractivity contribution is 0.131. The average molecular weight is 580 g/mol. The molecule has 4 rings (SSSR count). The molecule has 0 spiro atoms. The maximum absolute atomic E-state index is 13.1. The van der Waals surface area contributed by atoms with Crippen LogP contribution in [0.1, 0.15) is 12.5 Å². The van der Waals surface area contributed by atoms with Crippen molar-refractivity contribution in [3.05, 3.63) is 75.2 Å². The van der Waals surface area contributed by atoms with Gasteiger partial charge in [-0.3, -0.25) is 0 Å². The predicted molar refractivity (Wildman–Crippen MR) is 136 cm³/mol. The number of aryl methyl sites for hydroxylation is 1. The second-order valence-electron chi connectivity index (χ2n) is 7.86. The van der Waals surface area contributed by atoms with Crippen LogP contribution >= 0.6 is 31.9 Å². The standard InChI is InChI=1S/C24H24Br2N2O3S/c1-3-27(32(30,31)20-8-4-16(2)5-9-20)14-19(29)15-28-23-10-6-17(25)12-21(23)22-13-18(26)7-11-24(22)28/h4-13,19,29H,3,14-15H2,1-2H3/t19-/m0/s1. The third-order valence-corrected chi connectivity index (χ3v) is 8.55. The summed E-state index contributed by atoms with van der Waals surface area (Å²) in [5.74, 6) is 0. The summed E-state index contributed by atoms with van der Waals surface area (Å²) in [4.78, 5) is 0.240. The number of benzene rings is 3. The number of nitrogens with zero attached hydrogens (tertiary/aromatic N) is 2. The summed E-state index contributed by atoms with van der Waals surface area (Å²) in [5, 5.41) is 13.1. The zero-order valence-electron chi connectivity index (χ0n) is 17.8. The molecule has 0 unspecified atom stereocenters. The Morgan fingerprint density at radius 3 is 1.97 bits per heavy atom. The van der Waals surface area contributed by atoms with Crippen molar-refractivity contribution in [1.29, 1.82) is 0 Å². The van der Waals surface area contributed by atoms with Gasteiger partial charge in [-0.25, -0.2) is 8.42 Å². The number of aliphatic hydroxyl groups is 1. The molecule has 5 nitrogen and oxygen atoms in total. The number of fused-ring (bicyclic) bond motifs is 3. The van der Waals surface area contributed by atoms with E-state index in [1.54, 1.807) is 31.2 Å². The quantitative estimate of drug-likeness (QED) is 0.305. The molecule has 0 aliphatic heterocycles. The van der Waals surface area contributed by atoms with Gasteiger partial charge in [-0.1, -0.05) is 56.5 Å². The molecule has 0 aliphatic rings. The van der Waals surface area contributed by atoms with Gasteiger partial charge < -0.3 is 9.67 Å². The number of hydrogen-bond acceptors (Lipinski definition) is 3. The molecular formula is C24H24Br2N2O3S. The van der Waals surface area contributed by atoms with E-state index in [1.165, 1.54) is 4.31 Å². The van der Waals surface area contributed by atoms with E-state index in [0.717, 1.165) is 36.3 Å². The summed E-state index contributed by atoms with van der Waals surface area (Å²) in [7, 11) is -3.69. The molecule has 0 saturated heterocycles. The Morgan fingerprint density at radius 2 is 1.47 bits per heavy atom. The second kappa shape index (κ2) is 9.27. The molecule has 1 heterocycles. The Bertz CT molecular complexity index is 1320. The number of sulfonamides is 1. The zero-order valence-corrected chi connectivity index (χ0v) is 21.8. The highest BCUT2D eigenvalue weighted by molar-refractivity contribution is 9.10. The average Bonchev–Trinajstić information content (AvgIpc) is 3.04. The van der Waals surface area contributed by atoms with Crippen LogP contribution in [0, 0.1) is 6.92 Å². The van der Waals surface area contributed by atoms with Crippen molar-refractivity contribution in [3.8, 4) is 0 Å². The van der Waals surface area contributed by atoms with Gasteiger partial charge in [0.15, 0.2) is 0 Å². The minimum Gasteiger partial charge on any atom is -0.390 e. The van der Waals surface area contributed by atoms with E-state index >= 15 is 0 Å². The Kier molecular flexibility index (Phi) is 6.79. The molecule has 1 N–H and O–H groups in total. The summed E-state index contributed by atoms with van der Waals surface area (Å²) < 4.78 is 31.6. The predicted octanol–water partition coefficient (Wildman–Crippen LogP) is 5.70. The molecule has 3 aromatic carbocycles. The first-order valence-corrected chi connectivity index (χ1v) is 13.3. The maximum atomic E-state index is 13.1. The smallest absolute Gasteiger partial charge is 0.243 e. The van der Waals surface area contributed by atoms with Crippen LogP contribution < -0.4 is 0 Å². The van der Waals surface area contributed by atoms with Gasteiger partial charge in [0.2, 0.25) is 10.0 Å². The van der Waals surface area contributed by atoms with Gasteiger partial charge in [-0.2, -0.15) is 4.31 Å². The lowest BCUT2D eigenvalue weighted by atomic mass is 10.2. The molecule has 168 valence electrons. The first kappa shape index (κ1) is 23.4. The summed E-state index contributed by atoms with van der Waals surface area (Å²) in [6.07, 6.45) is -0.874. The van der Waals surface area contributed by atoms with E-state index < -0.39 is 16.1 Å². The van der Waals surface area contributed by atoms with E-state index in [-0.39, 0.29) is 24.5 Å². The SMILES string of the molecule is CCN(C[C@H](O)Cn1c2ccc(Br)cc2c2cc(Br)ccc21)S(=O)(=O)c1ccc(C)cc1. The molecule has 4 aromatic rings. The first-order valence-electron chi connectivity index (χ1n) is 10.3. The first-order chi connectivity index (χ1) is 15.2. The summed E-state index contributed by atoms with van der Waals surface area (Å²) in [6.45, 7) is 4.28. The Hall–Kier alpha value is -1.71. The fourth-order valence-corrected chi connectivity index (χ4v) is 6.21. The molecule has 1 atom stereocenters. The van der Waals surface area contributed by atoms with Gasteiger partial charge in [0, 0.05) is 43.8 Å². The van der Waals surface area contributed by atoms with Crippen LogP contribution in [0.5, 0.6) is 0 Å². The van der Waals surface area contributed by atoms with Gasteiger partial charge in [-0.05, 0) is 55.5 Å². The van der Waals surface area contributed by atoms with Crippen molar-refractivity contribution in [3.63, 3.8) is 0 Å². The maximum Gasteiger partial charge on any atom is 0.243 e. The van der Waals surface area contributed by atoms with Crippen LogP contribution in [0.25, 0.3) is 21.8 Å². The van der Waals surface area contributed by atoms with Crippen molar-refractivity contribution < 1.29 is 13.5 Å². The van der Waals surface area contributed by atoms with Gasteiger partial charge in [0.1, 0.15) is 0 Å². The molecule has 0 aliphatic carbocycles. The molecule has 0 fully saturated rings. The number of aromatic nitrogens is 1. The van der Waals surface area contributed by atoms with E-state index in [2.05, 4.69) is 48.6 Å². The highest BCUT2D eigenvalue weighted by Crippen LogP contribution is 2.33. The lowest BCUT2D eigenvalue weighted by Crippen LogP contribution is -2.38. The Morgan fingerprint density at radius 1 is 0.938 bits per heavy atom. The van der Waals surface area contributed by atoms with Crippen molar-refractivity contribution in [2.24, 2.45) is 0 Å². The topological polar surface area (TPSA) is 62.5 Å². The minimum absolute atomic E-state index is 0.0148. The van der Waals surface area contributed by atoms with E-state index in [9.17, 15) is 13.5 Å². The molecular weight excluding hydrogens is 556 g/mol. The van der Waals surface area contributed by atoms with Crippen molar-refractivity contribution >= 4 is 63.7 Å². The zero-order chi connectivity index (χ0) is 23.0. The van der Waals surface area contributed by atoms with Crippen molar-refractivity contribution in [2.45, 2.75) is 31.4 Å². The molecule has 0 amide bonds. The molecule has 8 heteroatoms. The molecule has 0 bridgehead atoms. The third-order valence-electron chi connectivity index (χ3n) is 5.61. The van der Waals surface area contributed by atoms with Crippen LogP contribution in [-0.2, 0) is 16.6 Å².